The highest BCUT2D eigenvalue weighted by Crippen LogP contribution is 2.30. The van der Waals surface area contributed by atoms with Crippen LogP contribution < -0.4 is 9.62 Å². The second-order valence-corrected chi connectivity index (χ2v) is 6.43. The maximum Gasteiger partial charge on any atom is 0.416 e. The Bertz CT molecular complexity index is 630. The molecule has 0 saturated carbocycles. The zero-order valence-electron chi connectivity index (χ0n) is 12.6. The third-order valence-corrected chi connectivity index (χ3v) is 3.94. The van der Waals surface area contributed by atoms with Crippen LogP contribution in [0, 0.1) is 0 Å². The average Bonchev–Trinajstić information content (AvgIpc) is 2.42. The van der Waals surface area contributed by atoms with Gasteiger partial charge in [0.2, 0.25) is 10.0 Å². The number of amides is 1. The Balaban J connectivity index is 2.85. The molecule has 1 N–H and O–H groups in total. The molecule has 23 heavy (non-hydrogen) atoms. The zero-order valence-corrected chi connectivity index (χ0v) is 13.4. The summed E-state index contributed by atoms with van der Waals surface area (Å²) in [6.07, 6.45) is -4.28. The standard InChI is InChI=1S/C13H17F3N2O4S/c1-3-22-12(19)17-8-9-18(23(2,20)21)11-6-4-10(5-7-11)13(14,15)16/h4-7H,3,8-9H2,1-2H3,(H,17,19). The third-order valence-electron chi connectivity index (χ3n) is 2.74. The van der Waals surface area contributed by atoms with Crippen LogP contribution in [-0.2, 0) is 20.9 Å². The first-order valence-electron chi connectivity index (χ1n) is 6.61. The Labute approximate surface area is 132 Å². The van der Waals surface area contributed by atoms with Gasteiger partial charge in [-0.25, -0.2) is 13.2 Å². The number of nitrogens with zero attached hydrogens (tertiary/aromatic N) is 1. The maximum atomic E-state index is 12.5. The quantitative estimate of drug-likeness (QED) is 0.850. The molecule has 10 heteroatoms. The maximum absolute atomic E-state index is 12.5. The lowest BCUT2D eigenvalue weighted by atomic mass is 10.2. The van der Waals surface area contributed by atoms with E-state index in [-0.39, 0.29) is 25.4 Å². The van der Waals surface area contributed by atoms with Crippen LogP contribution in [0.3, 0.4) is 0 Å². The van der Waals surface area contributed by atoms with Gasteiger partial charge >= 0.3 is 12.3 Å². The molecule has 1 rings (SSSR count). The minimum atomic E-state index is -4.50. The van der Waals surface area contributed by atoms with Gasteiger partial charge in [0, 0.05) is 6.54 Å². The van der Waals surface area contributed by atoms with Gasteiger partial charge in [-0.1, -0.05) is 0 Å². The first-order valence-corrected chi connectivity index (χ1v) is 8.46. The van der Waals surface area contributed by atoms with E-state index in [0.717, 1.165) is 34.8 Å². The van der Waals surface area contributed by atoms with Crippen LogP contribution in [0.4, 0.5) is 23.7 Å². The van der Waals surface area contributed by atoms with Crippen LogP contribution in [0.1, 0.15) is 12.5 Å². The van der Waals surface area contributed by atoms with Crippen molar-refractivity contribution < 1.29 is 31.1 Å². The Hall–Kier alpha value is -1.97. The lowest BCUT2D eigenvalue weighted by Crippen LogP contribution is -2.38. The Morgan fingerprint density at radius 2 is 1.83 bits per heavy atom. The molecule has 0 saturated heterocycles. The SMILES string of the molecule is CCOC(=O)NCCN(c1ccc(C(F)(F)F)cc1)S(C)(=O)=O. The largest absolute Gasteiger partial charge is 0.450 e. The Morgan fingerprint density at radius 3 is 2.26 bits per heavy atom. The number of halogens is 3. The molecule has 0 atom stereocenters. The average molecular weight is 354 g/mol. The molecule has 0 unspecified atom stereocenters. The fraction of sp³-hybridized carbons (Fsp3) is 0.462. The first kappa shape index (κ1) is 19.1. The number of anilines is 1. The van der Waals surface area contributed by atoms with Crippen molar-refractivity contribution in [3.05, 3.63) is 29.8 Å². The summed E-state index contributed by atoms with van der Waals surface area (Å²) >= 11 is 0. The number of alkyl halides is 3. The summed E-state index contributed by atoms with van der Waals surface area (Å²) in [6, 6.07) is 3.72. The van der Waals surface area contributed by atoms with Crippen LogP contribution in [-0.4, -0.2) is 40.5 Å². The molecule has 6 nitrogen and oxygen atoms in total. The number of carbonyl (C=O) groups is 1. The molecule has 1 amide bonds. The van der Waals surface area contributed by atoms with E-state index in [1.165, 1.54) is 0 Å². The molecule has 0 aliphatic heterocycles. The molecule has 1 aromatic carbocycles. The van der Waals surface area contributed by atoms with E-state index in [9.17, 15) is 26.4 Å². The Morgan fingerprint density at radius 1 is 1.26 bits per heavy atom. The minimum Gasteiger partial charge on any atom is -0.450 e. The monoisotopic (exact) mass is 354 g/mol. The fourth-order valence-electron chi connectivity index (χ4n) is 1.74. The van der Waals surface area contributed by atoms with Gasteiger partial charge in [-0.15, -0.1) is 0 Å². The highest BCUT2D eigenvalue weighted by Gasteiger charge is 2.30. The minimum absolute atomic E-state index is 0.0487. The van der Waals surface area contributed by atoms with Gasteiger partial charge in [0.25, 0.3) is 0 Å². The molecular formula is C13H17F3N2O4S. The molecule has 0 aromatic heterocycles. The summed E-state index contributed by atoms with van der Waals surface area (Å²) in [5.74, 6) is 0. The number of hydrogen-bond donors (Lipinski definition) is 1. The molecule has 0 spiro atoms. The smallest absolute Gasteiger partial charge is 0.416 e. The predicted octanol–water partition coefficient (Wildman–Crippen LogP) is 2.22. The number of nitrogens with one attached hydrogen (secondary N) is 1. The molecule has 0 bridgehead atoms. The van der Waals surface area contributed by atoms with E-state index in [4.69, 9.17) is 0 Å². The van der Waals surface area contributed by atoms with Crippen LogP contribution >= 0.6 is 0 Å². The van der Waals surface area contributed by atoms with Crippen molar-refractivity contribution in [2.45, 2.75) is 13.1 Å². The number of rotatable bonds is 6. The van der Waals surface area contributed by atoms with E-state index in [0.29, 0.717) is 0 Å². The van der Waals surface area contributed by atoms with Gasteiger partial charge in [0.05, 0.1) is 30.7 Å². The molecular weight excluding hydrogens is 337 g/mol. The van der Waals surface area contributed by atoms with E-state index in [1.54, 1.807) is 6.92 Å². The summed E-state index contributed by atoms with van der Waals surface area (Å²) in [4.78, 5) is 11.1. The molecule has 1 aromatic rings. The zero-order chi connectivity index (χ0) is 17.7. The van der Waals surface area contributed by atoms with Crippen LogP contribution in [0.5, 0.6) is 0 Å². The van der Waals surface area contributed by atoms with Gasteiger partial charge in [0.15, 0.2) is 0 Å². The highest BCUT2D eigenvalue weighted by atomic mass is 32.2. The lowest BCUT2D eigenvalue weighted by Gasteiger charge is -2.23. The van der Waals surface area contributed by atoms with E-state index in [2.05, 4.69) is 10.1 Å². The summed E-state index contributed by atoms with van der Waals surface area (Å²) in [7, 11) is -3.72. The lowest BCUT2D eigenvalue weighted by molar-refractivity contribution is -0.137. The molecule has 0 aliphatic rings. The van der Waals surface area contributed by atoms with Crippen molar-refractivity contribution in [3.63, 3.8) is 0 Å². The molecule has 0 radical (unpaired) electrons. The first-order chi connectivity index (χ1) is 10.6. The Kier molecular flexibility index (Phi) is 6.25. The normalized spacial score (nSPS) is 11.9. The topological polar surface area (TPSA) is 75.7 Å². The molecule has 0 fully saturated rings. The van der Waals surface area contributed by atoms with Crippen LogP contribution in [0.25, 0.3) is 0 Å². The van der Waals surface area contributed by atoms with Gasteiger partial charge < -0.3 is 10.1 Å². The number of alkyl carbamates (subject to hydrolysis) is 1. The van der Waals surface area contributed by atoms with Crippen molar-refractivity contribution in [2.24, 2.45) is 0 Å². The van der Waals surface area contributed by atoms with E-state index < -0.39 is 27.9 Å². The summed E-state index contributed by atoms with van der Waals surface area (Å²) in [5.41, 5.74) is -0.800. The van der Waals surface area contributed by atoms with Crippen molar-refractivity contribution in [2.75, 3.05) is 30.3 Å². The van der Waals surface area contributed by atoms with Gasteiger partial charge in [-0.2, -0.15) is 13.2 Å². The third kappa shape index (κ3) is 5.97. The van der Waals surface area contributed by atoms with Gasteiger partial charge in [0.1, 0.15) is 0 Å². The van der Waals surface area contributed by atoms with Crippen molar-refractivity contribution >= 4 is 21.8 Å². The second kappa shape index (κ2) is 7.53. The number of hydrogen-bond acceptors (Lipinski definition) is 4. The summed E-state index contributed by atoms with van der Waals surface area (Å²) in [5, 5.41) is 2.34. The van der Waals surface area contributed by atoms with E-state index in [1.807, 2.05) is 0 Å². The summed E-state index contributed by atoms with van der Waals surface area (Å²) in [6.45, 7) is 1.60. The van der Waals surface area contributed by atoms with Gasteiger partial charge in [-0.05, 0) is 31.2 Å². The fourth-order valence-corrected chi connectivity index (χ4v) is 2.67. The molecule has 0 heterocycles. The van der Waals surface area contributed by atoms with E-state index >= 15 is 0 Å². The van der Waals surface area contributed by atoms with Crippen molar-refractivity contribution in [3.8, 4) is 0 Å². The summed E-state index contributed by atoms with van der Waals surface area (Å²) < 4.78 is 66.7. The number of ether oxygens (including phenoxy) is 1. The second-order valence-electron chi connectivity index (χ2n) is 4.53. The molecule has 130 valence electrons. The van der Waals surface area contributed by atoms with Crippen LogP contribution in [0.15, 0.2) is 24.3 Å². The number of sulfonamides is 1. The number of carbonyl (C=O) groups excluding carboxylic acids is 1. The highest BCUT2D eigenvalue weighted by molar-refractivity contribution is 7.92. The van der Waals surface area contributed by atoms with Crippen molar-refractivity contribution in [1.82, 2.24) is 5.32 Å². The van der Waals surface area contributed by atoms with Crippen molar-refractivity contribution in [1.29, 1.82) is 0 Å². The number of benzene rings is 1. The predicted molar refractivity (Wildman–Crippen MR) is 78.7 cm³/mol. The molecule has 0 aliphatic carbocycles. The van der Waals surface area contributed by atoms with Gasteiger partial charge in [-0.3, -0.25) is 4.31 Å². The van der Waals surface area contributed by atoms with Crippen LogP contribution in [0.2, 0.25) is 0 Å².